The van der Waals surface area contributed by atoms with E-state index in [4.69, 9.17) is 9.47 Å². The van der Waals surface area contributed by atoms with Gasteiger partial charge in [0.05, 0.1) is 14.2 Å². The van der Waals surface area contributed by atoms with Crippen molar-refractivity contribution < 1.29 is 19.1 Å². The molecule has 5 nitrogen and oxygen atoms in total. The Balaban J connectivity index is 1.77. The molecule has 1 amide bonds. The highest BCUT2D eigenvalue weighted by atomic mass is 16.5. The number of Topliss-reactive ketones (excluding diaryl/α,β-unsaturated/α-hetero) is 1. The molecule has 1 aliphatic heterocycles. The molecule has 1 fully saturated rings. The van der Waals surface area contributed by atoms with Crippen LogP contribution in [-0.2, 0) is 0 Å². The molecule has 1 heterocycles. The van der Waals surface area contributed by atoms with Crippen LogP contribution in [0.2, 0.25) is 0 Å². The zero-order valence-electron chi connectivity index (χ0n) is 15.1. The second-order valence-electron chi connectivity index (χ2n) is 6.42. The monoisotopic (exact) mass is 353 g/mol. The van der Waals surface area contributed by atoms with Crippen LogP contribution in [0.4, 0.5) is 0 Å². The fraction of sp³-hybridized carbons (Fsp3) is 0.333. The summed E-state index contributed by atoms with van der Waals surface area (Å²) in [7, 11) is 3.11. The van der Waals surface area contributed by atoms with Gasteiger partial charge in [-0.1, -0.05) is 30.3 Å². The third-order valence-electron chi connectivity index (χ3n) is 4.74. The van der Waals surface area contributed by atoms with E-state index in [2.05, 4.69) is 0 Å². The largest absolute Gasteiger partial charge is 0.497 e. The fourth-order valence-electron chi connectivity index (χ4n) is 3.33. The number of benzene rings is 2. The zero-order chi connectivity index (χ0) is 18.5. The van der Waals surface area contributed by atoms with Gasteiger partial charge in [0, 0.05) is 36.2 Å². The van der Waals surface area contributed by atoms with Gasteiger partial charge >= 0.3 is 0 Å². The Hall–Kier alpha value is -2.82. The molecule has 26 heavy (non-hydrogen) atoms. The number of hydrogen-bond acceptors (Lipinski definition) is 4. The first-order valence-electron chi connectivity index (χ1n) is 8.74. The van der Waals surface area contributed by atoms with Crippen molar-refractivity contribution in [2.24, 2.45) is 5.92 Å². The molecule has 0 aliphatic carbocycles. The highest BCUT2D eigenvalue weighted by Crippen LogP contribution is 2.26. The summed E-state index contributed by atoms with van der Waals surface area (Å²) in [5.41, 5.74) is 1.21. The van der Waals surface area contributed by atoms with Crippen molar-refractivity contribution in [2.75, 3.05) is 27.3 Å². The van der Waals surface area contributed by atoms with Crippen LogP contribution in [0.25, 0.3) is 0 Å². The number of nitrogens with zero attached hydrogens (tertiary/aromatic N) is 1. The van der Waals surface area contributed by atoms with Gasteiger partial charge in [-0.3, -0.25) is 9.59 Å². The van der Waals surface area contributed by atoms with Crippen molar-refractivity contribution in [3.8, 4) is 11.5 Å². The van der Waals surface area contributed by atoms with Crippen molar-refractivity contribution in [3.63, 3.8) is 0 Å². The van der Waals surface area contributed by atoms with E-state index in [1.54, 1.807) is 37.3 Å². The second kappa shape index (κ2) is 8.04. The second-order valence-corrected chi connectivity index (χ2v) is 6.42. The van der Waals surface area contributed by atoms with Crippen molar-refractivity contribution in [3.05, 3.63) is 59.7 Å². The van der Waals surface area contributed by atoms with E-state index in [0.29, 0.717) is 35.7 Å². The van der Waals surface area contributed by atoms with E-state index in [9.17, 15) is 9.59 Å². The number of rotatable bonds is 5. The van der Waals surface area contributed by atoms with Crippen LogP contribution in [0.15, 0.2) is 48.5 Å². The lowest BCUT2D eigenvalue weighted by Gasteiger charge is -2.32. The molecule has 0 bridgehead atoms. The normalized spacial score (nSPS) is 16.8. The molecule has 2 aromatic rings. The maximum atomic E-state index is 12.9. The van der Waals surface area contributed by atoms with Gasteiger partial charge in [0.25, 0.3) is 5.91 Å². The minimum Gasteiger partial charge on any atom is -0.497 e. The number of likely N-dealkylation sites (tertiary alicyclic amines) is 1. The van der Waals surface area contributed by atoms with Crippen molar-refractivity contribution in [1.82, 2.24) is 4.90 Å². The first-order chi connectivity index (χ1) is 12.6. The van der Waals surface area contributed by atoms with E-state index >= 15 is 0 Å². The molecule has 1 unspecified atom stereocenters. The molecule has 0 radical (unpaired) electrons. The highest BCUT2D eigenvalue weighted by molar-refractivity contribution is 5.99. The summed E-state index contributed by atoms with van der Waals surface area (Å²) >= 11 is 0. The summed E-state index contributed by atoms with van der Waals surface area (Å²) in [5, 5.41) is 0. The van der Waals surface area contributed by atoms with Gasteiger partial charge in [0.15, 0.2) is 5.78 Å². The van der Waals surface area contributed by atoms with Crippen LogP contribution in [0, 0.1) is 5.92 Å². The molecular formula is C21H23NO4. The number of amides is 1. The number of piperidine rings is 1. The zero-order valence-corrected chi connectivity index (χ0v) is 15.1. The van der Waals surface area contributed by atoms with E-state index in [1.807, 2.05) is 30.3 Å². The van der Waals surface area contributed by atoms with Crippen LogP contribution in [0.3, 0.4) is 0 Å². The van der Waals surface area contributed by atoms with E-state index in [-0.39, 0.29) is 17.6 Å². The minimum atomic E-state index is -0.164. The van der Waals surface area contributed by atoms with E-state index in [0.717, 1.165) is 12.8 Å². The van der Waals surface area contributed by atoms with E-state index in [1.165, 1.54) is 0 Å². The van der Waals surface area contributed by atoms with Crippen LogP contribution in [-0.4, -0.2) is 43.9 Å². The Morgan fingerprint density at radius 1 is 0.962 bits per heavy atom. The minimum absolute atomic E-state index is 0.103. The molecule has 0 N–H and O–H groups in total. The standard InChI is InChI=1S/C21H23NO4/c1-25-18-11-17(12-19(13-18)26-2)21(24)22-10-6-9-16(14-22)20(23)15-7-4-3-5-8-15/h3-5,7-8,11-13,16H,6,9-10,14H2,1-2H3. The summed E-state index contributed by atoms with van der Waals surface area (Å²) in [6.07, 6.45) is 1.62. The predicted molar refractivity (Wildman–Crippen MR) is 98.9 cm³/mol. The average molecular weight is 353 g/mol. The van der Waals surface area contributed by atoms with Crippen LogP contribution >= 0.6 is 0 Å². The lowest BCUT2D eigenvalue weighted by molar-refractivity contribution is 0.0636. The lowest BCUT2D eigenvalue weighted by atomic mass is 9.89. The third kappa shape index (κ3) is 3.87. The Bertz CT molecular complexity index is 766. The average Bonchev–Trinajstić information content (AvgIpc) is 2.72. The molecule has 3 rings (SSSR count). The summed E-state index contributed by atoms with van der Waals surface area (Å²) < 4.78 is 10.5. The Kier molecular flexibility index (Phi) is 5.56. The van der Waals surface area contributed by atoms with Crippen molar-refractivity contribution in [2.45, 2.75) is 12.8 Å². The lowest BCUT2D eigenvalue weighted by Crippen LogP contribution is -2.42. The molecule has 0 saturated carbocycles. The summed E-state index contributed by atoms with van der Waals surface area (Å²) in [5.74, 6) is 0.977. The Labute approximate surface area is 153 Å². The SMILES string of the molecule is COc1cc(OC)cc(C(=O)N2CCCC(C(=O)c3ccccc3)C2)c1. The van der Waals surface area contributed by atoms with Crippen molar-refractivity contribution in [1.29, 1.82) is 0 Å². The number of carbonyl (C=O) groups is 2. The van der Waals surface area contributed by atoms with Crippen LogP contribution in [0.1, 0.15) is 33.6 Å². The molecule has 5 heteroatoms. The Morgan fingerprint density at radius 3 is 2.23 bits per heavy atom. The topological polar surface area (TPSA) is 55.8 Å². The molecular weight excluding hydrogens is 330 g/mol. The van der Waals surface area contributed by atoms with Gasteiger partial charge in [0.2, 0.25) is 0 Å². The number of ether oxygens (including phenoxy) is 2. The first-order valence-corrected chi connectivity index (χ1v) is 8.74. The third-order valence-corrected chi connectivity index (χ3v) is 4.74. The van der Waals surface area contributed by atoms with Crippen molar-refractivity contribution >= 4 is 11.7 Å². The molecule has 136 valence electrons. The van der Waals surface area contributed by atoms with Gasteiger partial charge in [-0.05, 0) is 25.0 Å². The van der Waals surface area contributed by atoms with Gasteiger partial charge in [-0.15, -0.1) is 0 Å². The number of ketones is 1. The first kappa shape index (κ1) is 18.0. The van der Waals surface area contributed by atoms with Gasteiger partial charge in [0.1, 0.15) is 11.5 Å². The fourth-order valence-corrected chi connectivity index (χ4v) is 3.33. The predicted octanol–water partition coefficient (Wildman–Crippen LogP) is 3.44. The Morgan fingerprint density at radius 2 is 1.62 bits per heavy atom. The number of carbonyl (C=O) groups excluding carboxylic acids is 2. The maximum Gasteiger partial charge on any atom is 0.254 e. The van der Waals surface area contributed by atoms with Gasteiger partial charge < -0.3 is 14.4 Å². The van der Waals surface area contributed by atoms with Gasteiger partial charge in [-0.2, -0.15) is 0 Å². The quantitative estimate of drug-likeness (QED) is 0.773. The summed E-state index contributed by atoms with van der Waals surface area (Å²) in [4.78, 5) is 27.4. The smallest absolute Gasteiger partial charge is 0.254 e. The number of methoxy groups -OCH3 is 2. The van der Waals surface area contributed by atoms with Gasteiger partial charge in [-0.25, -0.2) is 0 Å². The van der Waals surface area contributed by atoms with E-state index < -0.39 is 0 Å². The molecule has 1 saturated heterocycles. The maximum absolute atomic E-state index is 12.9. The van der Waals surface area contributed by atoms with Crippen LogP contribution < -0.4 is 9.47 Å². The molecule has 0 spiro atoms. The molecule has 1 atom stereocenters. The molecule has 2 aromatic carbocycles. The molecule has 0 aromatic heterocycles. The summed E-state index contributed by atoms with van der Waals surface area (Å²) in [6, 6.07) is 14.4. The van der Waals surface area contributed by atoms with Crippen LogP contribution in [0.5, 0.6) is 11.5 Å². The summed E-state index contributed by atoms with van der Waals surface area (Å²) in [6.45, 7) is 1.09. The molecule has 1 aliphatic rings. The highest BCUT2D eigenvalue weighted by Gasteiger charge is 2.29. The number of hydrogen-bond donors (Lipinski definition) is 0.